The maximum atomic E-state index is 5.49. The summed E-state index contributed by atoms with van der Waals surface area (Å²) in [5.74, 6) is 0.735. The van der Waals surface area contributed by atoms with Crippen molar-refractivity contribution < 1.29 is 0 Å². The Morgan fingerprint density at radius 1 is 0.581 bits per heavy atom. The van der Waals surface area contributed by atoms with Crippen LogP contribution in [0.2, 0.25) is 13.1 Å². The fourth-order valence-electron chi connectivity index (χ4n) is 7.89. The highest BCUT2D eigenvalue weighted by Crippen LogP contribution is 2.51. The second-order valence-corrected chi connectivity index (χ2v) is 17.4. The van der Waals surface area contributed by atoms with Gasteiger partial charge in [0.15, 0.2) is 0 Å². The van der Waals surface area contributed by atoms with E-state index in [2.05, 4.69) is 147 Å². The Hall–Kier alpha value is -4.80. The van der Waals surface area contributed by atoms with Gasteiger partial charge in [-0.1, -0.05) is 124 Å². The summed E-state index contributed by atoms with van der Waals surface area (Å²) in [6.45, 7) is 9.58. The van der Waals surface area contributed by atoms with Crippen LogP contribution in [0, 0.1) is 0 Å². The lowest BCUT2D eigenvalue weighted by atomic mass is 9.82. The lowest BCUT2D eigenvalue weighted by molar-refractivity contribution is 0.661. The van der Waals surface area contributed by atoms with Crippen LogP contribution in [0.4, 0.5) is 0 Å². The SMILES string of the molecule is CC1(C)c2ccccc2-c2cc3c4ccccc4n(-c4nc(-c5ccccc5)c5c(n4)-c4ccccc4[Si]5(C)C)c3cc21. The third-order valence-corrected chi connectivity index (χ3v) is 13.5. The number of para-hydroxylation sites is 1. The monoisotopic (exact) mass is 569 g/mol. The molecule has 9 rings (SSSR count). The van der Waals surface area contributed by atoms with Crippen LogP contribution in [0.25, 0.3) is 61.4 Å². The van der Waals surface area contributed by atoms with Crippen LogP contribution >= 0.6 is 0 Å². The number of hydrogen-bond acceptors (Lipinski definition) is 2. The van der Waals surface area contributed by atoms with Crippen molar-refractivity contribution >= 4 is 40.3 Å². The minimum absolute atomic E-state index is 0.0933. The molecule has 4 heteroatoms. The van der Waals surface area contributed by atoms with Crippen LogP contribution in [-0.2, 0) is 5.41 Å². The predicted octanol–water partition coefficient (Wildman–Crippen LogP) is 8.35. The van der Waals surface area contributed by atoms with Gasteiger partial charge in [0.2, 0.25) is 5.95 Å². The van der Waals surface area contributed by atoms with E-state index in [4.69, 9.17) is 9.97 Å². The molecular formula is C39H31N3Si. The van der Waals surface area contributed by atoms with Gasteiger partial charge in [0.1, 0.15) is 8.07 Å². The summed E-state index contributed by atoms with van der Waals surface area (Å²) in [4.78, 5) is 11.0. The second kappa shape index (κ2) is 8.39. The Kier molecular flexibility index (Phi) is 4.83. The molecule has 3 nitrogen and oxygen atoms in total. The van der Waals surface area contributed by atoms with Gasteiger partial charge in [0, 0.05) is 21.8 Å². The summed E-state index contributed by atoms with van der Waals surface area (Å²) in [5, 5.41) is 5.24. The molecule has 0 fully saturated rings. The molecule has 0 saturated carbocycles. The number of rotatable bonds is 2. The van der Waals surface area contributed by atoms with Crippen molar-refractivity contribution in [2.24, 2.45) is 0 Å². The Morgan fingerprint density at radius 2 is 1.26 bits per heavy atom. The van der Waals surface area contributed by atoms with Gasteiger partial charge in [-0.25, -0.2) is 9.97 Å². The lowest BCUT2D eigenvalue weighted by Gasteiger charge is -2.22. The highest BCUT2D eigenvalue weighted by Gasteiger charge is 2.42. The van der Waals surface area contributed by atoms with E-state index in [0.717, 1.165) is 33.9 Å². The van der Waals surface area contributed by atoms with E-state index in [1.54, 1.807) is 0 Å². The number of benzene rings is 5. The zero-order valence-corrected chi connectivity index (χ0v) is 25.8. The fourth-order valence-corrected chi connectivity index (χ4v) is 11.1. The van der Waals surface area contributed by atoms with Crippen molar-refractivity contribution in [2.45, 2.75) is 32.4 Å². The average molecular weight is 570 g/mol. The molecule has 2 aromatic heterocycles. The number of nitrogens with zero attached hydrogens (tertiary/aromatic N) is 3. The van der Waals surface area contributed by atoms with Gasteiger partial charge in [-0.2, -0.15) is 0 Å². The second-order valence-electron chi connectivity index (χ2n) is 13.1. The van der Waals surface area contributed by atoms with Crippen molar-refractivity contribution in [3.8, 4) is 39.6 Å². The first-order valence-electron chi connectivity index (χ1n) is 15.1. The molecule has 0 bridgehead atoms. The molecule has 3 heterocycles. The van der Waals surface area contributed by atoms with Gasteiger partial charge in [-0.3, -0.25) is 4.57 Å². The molecule has 43 heavy (non-hydrogen) atoms. The standard InChI is InChI=1S/C39H31N3Si/c1-39(2)30-19-11-8-16-25(30)28-22-29-26-17-9-12-20-32(26)42(33(29)23-31(28)39)38-40-35(24-14-6-5-7-15-24)37-36(41-38)27-18-10-13-21-34(27)43(37,3)4/h5-23H,1-4H3. The summed E-state index contributed by atoms with van der Waals surface area (Å²) in [6.07, 6.45) is 0. The molecule has 206 valence electrons. The van der Waals surface area contributed by atoms with Gasteiger partial charge in [0.05, 0.1) is 22.4 Å². The van der Waals surface area contributed by atoms with Crippen LogP contribution in [-0.4, -0.2) is 22.6 Å². The molecule has 7 aromatic rings. The smallest absolute Gasteiger partial charge is 0.235 e. The third kappa shape index (κ3) is 3.19. The van der Waals surface area contributed by atoms with E-state index >= 15 is 0 Å². The minimum atomic E-state index is -2.03. The number of aromatic nitrogens is 3. The Morgan fingerprint density at radius 3 is 2.09 bits per heavy atom. The van der Waals surface area contributed by atoms with Gasteiger partial charge in [-0.05, 0) is 56.4 Å². The van der Waals surface area contributed by atoms with Gasteiger partial charge in [-0.15, -0.1) is 0 Å². The first-order valence-corrected chi connectivity index (χ1v) is 18.1. The molecule has 0 N–H and O–H groups in total. The highest BCUT2D eigenvalue weighted by atomic mass is 28.3. The Balaban J connectivity index is 1.41. The molecule has 0 atom stereocenters. The maximum absolute atomic E-state index is 5.49. The van der Waals surface area contributed by atoms with E-state index in [-0.39, 0.29) is 5.41 Å². The molecular weight excluding hydrogens is 539 g/mol. The average Bonchev–Trinajstić information content (AvgIpc) is 3.57. The van der Waals surface area contributed by atoms with Crippen molar-refractivity contribution in [1.29, 1.82) is 0 Å². The van der Waals surface area contributed by atoms with Crippen molar-refractivity contribution in [2.75, 3.05) is 0 Å². The van der Waals surface area contributed by atoms with Crippen LogP contribution in [0.3, 0.4) is 0 Å². The van der Waals surface area contributed by atoms with Gasteiger partial charge < -0.3 is 0 Å². The first kappa shape index (κ1) is 24.8. The number of fused-ring (bicyclic) bond motifs is 9. The van der Waals surface area contributed by atoms with Crippen LogP contribution < -0.4 is 10.4 Å². The Bertz CT molecular complexity index is 2290. The van der Waals surface area contributed by atoms with E-state index in [1.165, 1.54) is 49.0 Å². The molecule has 1 aliphatic heterocycles. The first-order chi connectivity index (χ1) is 20.9. The van der Waals surface area contributed by atoms with E-state index in [0.29, 0.717) is 0 Å². The zero-order chi connectivity index (χ0) is 29.1. The van der Waals surface area contributed by atoms with Crippen LogP contribution in [0.15, 0.2) is 115 Å². The molecule has 0 unspecified atom stereocenters. The summed E-state index contributed by atoms with van der Waals surface area (Å²) in [7, 11) is -2.03. The predicted molar refractivity (Wildman–Crippen MR) is 182 cm³/mol. The molecule has 2 aliphatic rings. The van der Waals surface area contributed by atoms with E-state index in [9.17, 15) is 0 Å². The van der Waals surface area contributed by atoms with Crippen LogP contribution in [0.5, 0.6) is 0 Å². The topological polar surface area (TPSA) is 30.7 Å². The number of hydrogen-bond donors (Lipinski definition) is 0. The van der Waals surface area contributed by atoms with E-state index in [1.807, 2.05) is 0 Å². The summed E-state index contributed by atoms with van der Waals surface area (Å²) in [6, 6.07) is 42.0. The van der Waals surface area contributed by atoms with Crippen molar-refractivity contribution in [3.05, 3.63) is 126 Å². The third-order valence-electron chi connectivity index (χ3n) is 10.0. The minimum Gasteiger partial charge on any atom is -0.278 e. The summed E-state index contributed by atoms with van der Waals surface area (Å²) in [5.41, 5.74) is 12.2. The largest absolute Gasteiger partial charge is 0.278 e. The molecule has 0 saturated heterocycles. The summed E-state index contributed by atoms with van der Waals surface area (Å²) >= 11 is 0. The zero-order valence-electron chi connectivity index (χ0n) is 24.8. The van der Waals surface area contributed by atoms with Crippen molar-refractivity contribution in [3.63, 3.8) is 0 Å². The maximum Gasteiger partial charge on any atom is 0.235 e. The van der Waals surface area contributed by atoms with Crippen LogP contribution in [0.1, 0.15) is 25.0 Å². The van der Waals surface area contributed by atoms with Gasteiger partial charge >= 0.3 is 0 Å². The highest BCUT2D eigenvalue weighted by molar-refractivity contribution is 7.04. The molecule has 0 spiro atoms. The molecule has 0 radical (unpaired) electrons. The molecule has 0 amide bonds. The Labute approximate surface area is 252 Å². The normalized spacial score (nSPS) is 15.3. The molecule has 1 aliphatic carbocycles. The van der Waals surface area contributed by atoms with Gasteiger partial charge in [0.25, 0.3) is 0 Å². The molecule has 5 aromatic carbocycles. The van der Waals surface area contributed by atoms with Crippen molar-refractivity contribution in [1.82, 2.24) is 14.5 Å². The quantitative estimate of drug-likeness (QED) is 0.196. The fraction of sp³-hybridized carbons (Fsp3) is 0.128. The van der Waals surface area contributed by atoms with E-state index < -0.39 is 8.07 Å². The summed E-state index contributed by atoms with van der Waals surface area (Å²) < 4.78 is 2.31. The lowest BCUT2D eigenvalue weighted by Crippen LogP contribution is -2.50.